The van der Waals surface area contributed by atoms with Gasteiger partial charge in [-0.15, -0.1) is 0 Å². The number of nitrogens with zero attached hydrogens (tertiary/aromatic N) is 3. The quantitative estimate of drug-likeness (QED) is 0.722. The summed E-state index contributed by atoms with van der Waals surface area (Å²) in [6.07, 6.45) is 3.37. The van der Waals surface area contributed by atoms with Gasteiger partial charge in [0, 0.05) is 12.5 Å². The molecule has 1 amide bonds. The second-order valence-electron chi connectivity index (χ2n) is 5.63. The van der Waals surface area contributed by atoms with E-state index in [2.05, 4.69) is 20.7 Å². The minimum atomic E-state index is -0.303. The third kappa shape index (κ3) is 4.51. The van der Waals surface area contributed by atoms with Gasteiger partial charge >= 0.3 is 0 Å². The Bertz CT molecular complexity index is 673. The molecule has 2 aromatic rings. The Kier molecular flexibility index (Phi) is 5.37. The summed E-state index contributed by atoms with van der Waals surface area (Å²) in [5, 5.41) is 10.2. The van der Waals surface area contributed by atoms with Gasteiger partial charge in [0.15, 0.2) is 0 Å². The molecule has 0 saturated heterocycles. The van der Waals surface area contributed by atoms with Gasteiger partial charge in [0.05, 0.1) is 19.6 Å². The van der Waals surface area contributed by atoms with E-state index in [9.17, 15) is 9.18 Å². The maximum atomic E-state index is 12.8. The van der Waals surface area contributed by atoms with E-state index < -0.39 is 0 Å². The average Bonchev–Trinajstić information content (AvgIpc) is 3.06. The van der Waals surface area contributed by atoms with Crippen LogP contribution in [0.4, 0.5) is 4.39 Å². The molecule has 0 spiro atoms. The number of aromatic nitrogens is 3. The SMILES string of the molecule is O=C(CN[C@@H]1CCc2ncnn2C1)NCCOc1ccc(F)cc1. The zero-order chi connectivity index (χ0) is 16.8. The molecule has 24 heavy (non-hydrogen) atoms. The third-order valence-electron chi connectivity index (χ3n) is 3.86. The molecule has 0 bridgehead atoms. The second-order valence-corrected chi connectivity index (χ2v) is 5.63. The number of nitrogens with one attached hydrogen (secondary N) is 2. The van der Waals surface area contributed by atoms with Crippen LogP contribution in [0.25, 0.3) is 0 Å². The normalized spacial score (nSPS) is 16.5. The summed E-state index contributed by atoms with van der Waals surface area (Å²) < 4.78 is 20.0. The van der Waals surface area contributed by atoms with Crippen LogP contribution in [0.1, 0.15) is 12.2 Å². The summed E-state index contributed by atoms with van der Waals surface area (Å²) in [7, 11) is 0. The highest BCUT2D eigenvalue weighted by Gasteiger charge is 2.19. The van der Waals surface area contributed by atoms with Crippen LogP contribution in [0, 0.1) is 5.82 Å². The van der Waals surface area contributed by atoms with Gasteiger partial charge in [-0.25, -0.2) is 14.1 Å². The standard InChI is InChI=1S/C16H20FN5O2/c17-12-1-4-14(5-2-12)24-8-7-18-16(23)9-19-13-3-6-15-20-11-21-22(15)10-13/h1-2,4-5,11,13,19H,3,6-10H2,(H,18,23)/t13-/m1/s1. The molecule has 3 rings (SSSR count). The van der Waals surface area contributed by atoms with Crippen molar-refractivity contribution in [3.8, 4) is 5.75 Å². The Morgan fingerprint density at radius 1 is 1.38 bits per heavy atom. The smallest absolute Gasteiger partial charge is 0.234 e. The summed E-state index contributed by atoms with van der Waals surface area (Å²) >= 11 is 0. The molecule has 0 unspecified atom stereocenters. The van der Waals surface area contributed by atoms with Gasteiger partial charge in [-0.3, -0.25) is 4.79 Å². The van der Waals surface area contributed by atoms with E-state index in [1.807, 2.05) is 4.68 Å². The highest BCUT2D eigenvalue weighted by molar-refractivity contribution is 5.77. The zero-order valence-electron chi connectivity index (χ0n) is 13.2. The van der Waals surface area contributed by atoms with Crippen molar-refractivity contribution in [2.75, 3.05) is 19.7 Å². The molecule has 0 radical (unpaired) electrons. The molecule has 1 aromatic heterocycles. The van der Waals surface area contributed by atoms with Crippen molar-refractivity contribution in [1.29, 1.82) is 0 Å². The molecule has 0 aliphatic carbocycles. The fourth-order valence-corrected chi connectivity index (χ4v) is 2.59. The Labute approximate surface area is 139 Å². The number of fused-ring (bicyclic) bond motifs is 1. The van der Waals surface area contributed by atoms with Crippen LogP contribution in [0.2, 0.25) is 0 Å². The van der Waals surface area contributed by atoms with Crippen molar-refractivity contribution in [3.63, 3.8) is 0 Å². The van der Waals surface area contributed by atoms with E-state index in [1.165, 1.54) is 12.1 Å². The number of hydrogen-bond donors (Lipinski definition) is 2. The van der Waals surface area contributed by atoms with Crippen molar-refractivity contribution in [1.82, 2.24) is 25.4 Å². The molecule has 7 nitrogen and oxygen atoms in total. The number of halogens is 1. The number of aryl methyl sites for hydroxylation is 1. The molecule has 128 valence electrons. The zero-order valence-corrected chi connectivity index (χ0v) is 13.2. The first-order valence-electron chi connectivity index (χ1n) is 7.96. The van der Waals surface area contributed by atoms with Gasteiger partial charge in [-0.1, -0.05) is 0 Å². The first-order valence-corrected chi connectivity index (χ1v) is 7.96. The third-order valence-corrected chi connectivity index (χ3v) is 3.86. The molecule has 1 aromatic carbocycles. The number of rotatable bonds is 7. The van der Waals surface area contributed by atoms with Crippen LogP contribution in [0.15, 0.2) is 30.6 Å². The van der Waals surface area contributed by atoms with Crippen molar-refractivity contribution in [2.45, 2.75) is 25.4 Å². The second kappa shape index (κ2) is 7.87. The van der Waals surface area contributed by atoms with Crippen molar-refractivity contribution < 1.29 is 13.9 Å². The number of carbonyl (C=O) groups is 1. The molecule has 2 N–H and O–H groups in total. The first-order chi connectivity index (χ1) is 11.7. The van der Waals surface area contributed by atoms with Gasteiger partial charge in [0.2, 0.25) is 5.91 Å². The molecule has 0 saturated carbocycles. The van der Waals surface area contributed by atoms with Crippen LogP contribution in [-0.4, -0.2) is 46.4 Å². The maximum Gasteiger partial charge on any atom is 0.234 e. The number of ether oxygens (including phenoxy) is 1. The lowest BCUT2D eigenvalue weighted by molar-refractivity contribution is -0.120. The largest absolute Gasteiger partial charge is 0.492 e. The number of hydrogen-bond acceptors (Lipinski definition) is 5. The monoisotopic (exact) mass is 333 g/mol. The van der Waals surface area contributed by atoms with E-state index in [4.69, 9.17) is 4.74 Å². The number of benzene rings is 1. The van der Waals surface area contributed by atoms with E-state index >= 15 is 0 Å². The van der Waals surface area contributed by atoms with Gasteiger partial charge in [0.25, 0.3) is 0 Å². The van der Waals surface area contributed by atoms with Gasteiger partial charge in [0.1, 0.15) is 30.3 Å². The lowest BCUT2D eigenvalue weighted by Crippen LogP contribution is -2.44. The van der Waals surface area contributed by atoms with Crippen LogP contribution in [0.3, 0.4) is 0 Å². The Morgan fingerprint density at radius 3 is 3.04 bits per heavy atom. The van der Waals surface area contributed by atoms with Crippen LogP contribution in [-0.2, 0) is 17.8 Å². The maximum absolute atomic E-state index is 12.8. The fourth-order valence-electron chi connectivity index (χ4n) is 2.59. The molecule has 0 fully saturated rings. The van der Waals surface area contributed by atoms with Crippen LogP contribution in [0.5, 0.6) is 5.75 Å². The topological polar surface area (TPSA) is 81.1 Å². The Balaban J connectivity index is 1.30. The van der Waals surface area contributed by atoms with Crippen molar-refractivity contribution in [3.05, 3.63) is 42.2 Å². The molecule has 1 aliphatic rings. The van der Waals surface area contributed by atoms with Crippen molar-refractivity contribution in [2.24, 2.45) is 0 Å². The predicted molar refractivity (Wildman–Crippen MR) is 85.0 cm³/mol. The van der Waals surface area contributed by atoms with Crippen LogP contribution < -0.4 is 15.4 Å². The summed E-state index contributed by atoms with van der Waals surface area (Å²) in [5.74, 6) is 1.19. The molecular weight excluding hydrogens is 313 g/mol. The molecule has 1 aliphatic heterocycles. The lowest BCUT2D eigenvalue weighted by Gasteiger charge is -2.23. The summed E-state index contributed by atoms with van der Waals surface area (Å²) in [6.45, 7) is 1.72. The summed E-state index contributed by atoms with van der Waals surface area (Å²) in [5.41, 5.74) is 0. The highest BCUT2D eigenvalue weighted by atomic mass is 19.1. The Hall–Kier alpha value is -2.48. The van der Waals surface area contributed by atoms with E-state index in [0.29, 0.717) is 18.9 Å². The van der Waals surface area contributed by atoms with Gasteiger partial charge in [-0.05, 0) is 30.7 Å². The summed E-state index contributed by atoms with van der Waals surface area (Å²) in [6, 6.07) is 6.01. The minimum Gasteiger partial charge on any atom is -0.492 e. The number of carbonyl (C=O) groups excluding carboxylic acids is 1. The fraction of sp³-hybridized carbons (Fsp3) is 0.438. The number of amides is 1. The summed E-state index contributed by atoms with van der Waals surface area (Å²) in [4.78, 5) is 16.0. The molecule has 1 atom stereocenters. The van der Waals surface area contributed by atoms with Gasteiger partial charge in [-0.2, -0.15) is 5.10 Å². The predicted octanol–water partition coefficient (Wildman–Crippen LogP) is 0.517. The van der Waals surface area contributed by atoms with E-state index in [0.717, 1.165) is 25.2 Å². The molecule has 8 heteroatoms. The highest BCUT2D eigenvalue weighted by Crippen LogP contribution is 2.11. The van der Waals surface area contributed by atoms with Crippen LogP contribution >= 0.6 is 0 Å². The van der Waals surface area contributed by atoms with Crippen molar-refractivity contribution >= 4 is 5.91 Å². The minimum absolute atomic E-state index is 0.0814. The lowest BCUT2D eigenvalue weighted by atomic mass is 10.1. The Morgan fingerprint density at radius 2 is 2.21 bits per heavy atom. The van der Waals surface area contributed by atoms with E-state index in [-0.39, 0.29) is 24.3 Å². The molecular formula is C16H20FN5O2. The van der Waals surface area contributed by atoms with E-state index in [1.54, 1.807) is 18.5 Å². The average molecular weight is 333 g/mol. The van der Waals surface area contributed by atoms with Gasteiger partial charge < -0.3 is 15.4 Å². The molecule has 2 heterocycles. The first kappa shape index (κ1) is 16.4.